The summed E-state index contributed by atoms with van der Waals surface area (Å²) in [5.41, 5.74) is 0.123. The molecule has 358 valence electrons. The smallest absolute Gasteiger partial charge is 0.296 e. The van der Waals surface area contributed by atoms with Crippen molar-refractivity contribution in [2.24, 2.45) is 30.7 Å². The van der Waals surface area contributed by atoms with Crippen molar-refractivity contribution in [3.63, 3.8) is 0 Å². The lowest BCUT2D eigenvalue weighted by atomic mass is 10.1. The molecule has 0 heterocycles. The van der Waals surface area contributed by atoms with Gasteiger partial charge in [-0.3, -0.25) is 18.2 Å². The summed E-state index contributed by atoms with van der Waals surface area (Å²) in [7, 11) is -16.7. The Morgan fingerprint density at radius 3 is 1.31 bits per heavy atom. The molecule has 0 bridgehead atoms. The lowest BCUT2D eigenvalue weighted by molar-refractivity contribution is 0.412. The SMILES string of the molecule is COc1ccc(Nc2ccc3c(O)c(N=Nc4ccc(N=Nc5ccc(N=Nc6ccc(OC)cc6S(=O)(=O)O)c6ccc(S(=O)(=O)O)cc56)c5ccc(S(=O)(=O)O)cc45)c(S(=O)(=O)O)cc3c2)cc1. The van der Waals surface area contributed by atoms with Crippen molar-refractivity contribution in [3.8, 4) is 17.2 Å². The minimum Gasteiger partial charge on any atom is -0.505 e. The molecule has 22 nitrogen and oxygen atoms in total. The number of ether oxygens (including phenoxy) is 2. The molecule has 0 aliphatic heterocycles. The lowest BCUT2D eigenvalue weighted by Crippen LogP contribution is -1.99. The number of benzene rings is 8. The second-order valence-electron chi connectivity index (χ2n) is 14.8. The van der Waals surface area contributed by atoms with E-state index in [-0.39, 0.29) is 66.5 Å². The van der Waals surface area contributed by atoms with Crippen LogP contribution in [0.1, 0.15) is 0 Å². The summed E-state index contributed by atoms with van der Waals surface area (Å²) in [5.74, 6) is 0.0348. The van der Waals surface area contributed by atoms with Gasteiger partial charge in [-0.2, -0.15) is 33.7 Å². The predicted molar refractivity (Wildman–Crippen MR) is 255 cm³/mol. The Labute approximate surface area is 397 Å². The fourth-order valence-corrected chi connectivity index (χ4v) is 9.37. The summed E-state index contributed by atoms with van der Waals surface area (Å²) in [4.78, 5) is -2.58. The zero-order chi connectivity index (χ0) is 50.3. The molecule has 70 heavy (non-hydrogen) atoms. The first-order valence-corrected chi connectivity index (χ1v) is 25.5. The standard InChI is InChI=1S/C44H33N7O15S4/c1-65-27-6-3-25(4-7-27)45-26-5-11-31-24(19-26)20-42(70(62,63)64)43(44(31)52)51-49-39-18-16-36(33-13-10-30(23-35(33)39)68(56,57)58)46-48-38-17-15-37(32-12-9-29(22-34(32)38)67(53,54)55)47-50-40-14-8-28(66-2)21-41(40)69(59,60)61/h3-23,45,52H,1-2H3,(H,53,54,55)(H,56,57,58)(H,59,60,61)(H,62,63,64). The second-order valence-corrected chi connectivity index (χ2v) is 20.4. The van der Waals surface area contributed by atoms with E-state index in [9.17, 15) is 57.0 Å². The van der Waals surface area contributed by atoms with Gasteiger partial charge in [-0.15, -0.1) is 30.7 Å². The maximum atomic E-state index is 12.7. The third-order valence-corrected chi connectivity index (χ3v) is 13.9. The Bertz CT molecular complexity index is 4020. The van der Waals surface area contributed by atoms with Gasteiger partial charge in [0.15, 0.2) is 5.75 Å². The summed E-state index contributed by atoms with van der Waals surface area (Å²) in [6.45, 7) is 0. The molecule has 8 aromatic carbocycles. The maximum absolute atomic E-state index is 12.7. The van der Waals surface area contributed by atoms with Crippen LogP contribution in [-0.4, -0.2) is 71.2 Å². The monoisotopic (exact) mass is 1030 g/mol. The highest BCUT2D eigenvalue weighted by atomic mass is 32.2. The minimum absolute atomic E-state index is 0.0119. The van der Waals surface area contributed by atoms with Crippen LogP contribution in [0, 0.1) is 0 Å². The number of phenols is 1. The van der Waals surface area contributed by atoms with Crippen LogP contribution in [0.4, 0.5) is 45.5 Å². The van der Waals surface area contributed by atoms with E-state index >= 15 is 0 Å². The number of phenolic OH excluding ortho intramolecular Hbond substituents is 1. The van der Waals surface area contributed by atoms with Crippen LogP contribution in [0.25, 0.3) is 32.3 Å². The molecule has 0 atom stereocenters. The number of rotatable bonds is 14. The Morgan fingerprint density at radius 1 is 0.400 bits per heavy atom. The molecular formula is C44H33N7O15S4. The molecule has 26 heteroatoms. The number of fused-ring (bicyclic) bond motifs is 3. The number of methoxy groups -OCH3 is 2. The zero-order valence-electron chi connectivity index (χ0n) is 35.8. The Morgan fingerprint density at radius 2 is 0.829 bits per heavy atom. The molecule has 0 radical (unpaired) electrons. The molecule has 0 unspecified atom stereocenters. The van der Waals surface area contributed by atoms with Gasteiger partial charge >= 0.3 is 0 Å². The summed E-state index contributed by atoms with van der Waals surface area (Å²) >= 11 is 0. The molecule has 0 fully saturated rings. The molecule has 0 spiro atoms. The van der Waals surface area contributed by atoms with E-state index in [0.29, 0.717) is 17.1 Å². The fourth-order valence-electron chi connectivity index (χ4n) is 7.06. The lowest BCUT2D eigenvalue weighted by Gasteiger charge is -2.12. The molecule has 0 saturated carbocycles. The molecule has 0 aliphatic rings. The van der Waals surface area contributed by atoms with Crippen molar-refractivity contribution in [1.29, 1.82) is 0 Å². The average Bonchev–Trinajstić information content (AvgIpc) is 3.31. The van der Waals surface area contributed by atoms with Crippen LogP contribution >= 0.6 is 0 Å². The average molecular weight is 1030 g/mol. The van der Waals surface area contributed by atoms with Crippen LogP contribution in [0.5, 0.6) is 17.2 Å². The van der Waals surface area contributed by atoms with E-state index in [1.54, 1.807) is 30.3 Å². The van der Waals surface area contributed by atoms with Crippen molar-refractivity contribution < 1.29 is 66.5 Å². The summed E-state index contributed by atoms with van der Waals surface area (Å²) < 4.78 is 149. The fraction of sp³-hybridized carbons (Fsp3) is 0.0455. The normalized spacial score (nSPS) is 12.8. The van der Waals surface area contributed by atoms with Crippen LogP contribution in [0.2, 0.25) is 0 Å². The van der Waals surface area contributed by atoms with Crippen molar-refractivity contribution in [3.05, 3.63) is 127 Å². The Kier molecular flexibility index (Phi) is 12.9. The topological polar surface area (TPSA) is 342 Å². The number of azo groups is 3. The third kappa shape index (κ3) is 10.3. The number of nitrogens with zero attached hydrogens (tertiary/aromatic N) is 6. The molecule has 0 amide bonds. The molecule has 8 aromatic rings. The Hall–Kier alpha value is -7.82. The van der Waals surface area contributed by atoms with Crippen LogP contribution in [-0.2, 0) is 40.5 Å². The van der Waals surface area contributed by atoms with Crippen LogP contribution < -0.4 is 14.8 Å². The van der Waals surface area contributed by atoms with Gasteiger partial charge < -0.3 is 19.9 Å². The van der Waals surface area contributed by atoms with Crippen molar-refractivity contribution in [2.75, 3.05) is 19.5 Å². The predicted octanol–water partition coefficient (Wildman–Crippen LogP) is 10.8. The summed E-state index contributed by atoms with van der Waals surface area (Å²) in [6.07, 6.45) is 0. The summed E-state index contributed by atoms with van der Waals surface area (Å²) in [5, 5.41) is 40.0. The number of anilines is 2. The van der Waals surface area contributed by atoms with Gasteiger partial charge in [0.05, 0.1) is 46.8 Å². The van der Waals surface area contributed by atoms with E-state index in [1.807, 2.05) is 0 Å². The number of nitrogens with one attached hydrogen (secondary N) is 1. The van der Waals surface area contributed by atoms with Crippen LogP contribution in [0.3, 0.4) is 0 Å². The van der Waals surface area contributed by atoms with Gasteiger partial charge in [0, 0.05) is 44.4 Å². The van der Waals surface area contributed by atoms with E-state index in [0.717, 1.165) is 36.4 Å². The molecule has 8 rings (SSSR count). The minimum atomic E-state index is -5.08. The van der Waals surface area contributed by atoms with Gasteiger partial charge in [0.1, 0.15) is 32.7 Å². The number of hydrogen-bond donors (Lipinski definition) is 6. The first kappa shape index (κ1) is 48.6. The van der Waals surface area contributed by atoms with E-state index in [4.69, 9.17) is 9.47 Å². The van der Waals surface area contributed by atoms with E-state index in [2.05, 4.69) is 36.0 Å². The molecule has 0 aromatic heterocycles. The molecule has 0 saturated heterocycles. The van der Waals surface area contributed by atoms with Gasteiger partial charge in [0.25, 0.3) is 40.5 Å². The zero-order valence-corrected chi connectivity index (χ0v) is 39.0. The van der Waals surface area contributed by atoms with Crippen LogP contribution in [0.15, 0.2) is 178 Å². The van der Waals surface area contributed by atoms with Crippen molar-refractivity contribution in [1.82, 2.24) is 0 Å². The first-order valence-electron chi connectivity index (χ1n) is 19.7. The molecular weight excluding hydrogens is 995 g/mol. The van der Waals surface area contributed by atoms with Gasteiger partial charge in [-0.1, -0.05) is 12.1 Å². The molecule has 6 N–H and O–H groups in total. The highest BCUT2D eigenvalue weighted by Crippen LogP contribution is 2.44. The van der Waals surface area contributed by atoms with Gasteiger partial charge in [-0.05, 0) is 115 Å². The maximum Gasteiger partial charge on any atom is 0.296 e. The number of aromatic hydroxyl groups is 1. The quantitative estimate of drug-likeness (QED) is 0.0435. The van der Waals surface area contributed by atoms with Crippen molar-refractivity contribution in [2.45, 2.75) is 19.6 Å². The first-order chi connectivity index (χ1) is 33.0. The molecule has 0 aliphatic carbocycles. The Balaban J connectivity index is 1.20. The van der Waals surface area contributed by atoms with E-state index < -0.39 is 71.5 Å². The highest BCUT2D eigenvalue weighted by molar-refractivity contribution is 7.86. The largest absolute Gasteiger partial charge is 0.505 e. The van der Waals surface area contributed by atoms with Gasteiger partial charge in [-0.25, -0.2) is 0 Å². The third-order valence-electron chi connectivity index (χ3n) is 10.4. The van der Waals surface area contributed by atoms with Crippen molar-refractivity contribution >= 4 is 118 Å². The van der Waals surface area contributed by atoms with E-state index in [1.165, 1.54) is 74.9 Å². The summed E-state index contributed by atoms with van der Waals surface area (Å²) in [6, 6.07) is 28.3. The number of hydrogen-bond acceptors (Lipinski definition) is 18. The highest BCUT2D eigenvalue weighted by Gasteiger charge is 2.24. The second kappa shape index (κ2) is 18.6. The van der Waals surface area contributed by atoms with Gasteiger partial charge in [0.2, 0.25) is 0 Å².